The molecule has 0 aliphatic carbocycles. The van der Waals surface area contributed by atoms with E-state index in [2.05, 4.69) is 20.8 Å². The lowest BCUT2D eigenvalue weighted by molar-refractivity contribution is 0.0919. The topological polar surface area (TPSA) is 143 Å². The summed E-state index contributed by atoms with van der Waals surface area (Å²) in [5.74, 6) is -2.07. The first kappa shape index (κ1) is 24.6. The van der Waals surface area contributed by atoms with Crippen molar-refractivity contribution in [2.45, 2.75) is 18.9 Å². The number of amides is 2. The summed E-state index contributed by atoms with van der Waals surface area (Å²) in [6.45, 7) is 0.982. The molecule has 0 atom stereocenters. The van der Waals surface area contributed by atoms with Gasteiger partial charge < -0.3 is 20.1 Å². The van der Waals surface area contributed by atoms with Gasteiger partial charge in [-0.3, -0.25) is 14.7 Å². The highest BCUT2D eigenvalue weighted by molar-refractivity contribution is 7.88. The Morgan fingerprint density at radius 2 is 1.97 bits per heavy atom. The van der Waals surface area contributed by atoms with E-state index in [0.717, 1.165) is 12.3 Å². The first-order valence-corrected chi connectivity index (χ1v) is 12.1. The van der Waals surface area contributed by atoms with Crippen molar-refractivity contribution in [2.24, 2.45) is 0 Å². The molecule has 2 amide bonds. The Hall–Kier alpha value is -3.03. The summed E-state index contributed by atoms with van der Waals surface area (Å²) in [6.07, 6.45) is 3.29. The number of aromatic amines is 1. The maximum atomic E-state index is 14.4. The molecule has 0 bridgehead atoms. The van der Waals surface area contributed by atoms with Crippen LogP contribution in [0.1, 0.15) is 33.7 Å². The van der Waals surface area contributed by atoms with Gasteiger partial charge in [0.05, 0.1) is 24.7 Å². The van der Waals surface area contributed by atoms with Gasteiger partial charge >= 0.3 is 0 Å². The van der Waals surface area contributed by atoms with Crippen LogP contribution in [0.15, 0.2) is 24.4 Å². The fraction of sp³-hybridized carbons (Fsp3) is 0.450. The molecule has 2 aromatic rings. The van der Waals surface area contributed by atoms with Gasteiger partial charge in [0.2, 0.25) is 10.0 Å². The lowest BCUT2D eigenvalue weighted by atomic mass is 10.1. The largest absolute Gasteiger partial charge is 0.490 e. The molecule has 0 spiro atoms. The van der Waals surface area contributed by atoms with Crippen molar-refractivity contribution >= 4 is 27.5 Å². The third kappa shape index (κ3) is 6.27. The molecule has 180 valence electrons. The van der Waals surface area contributed by atoms with Crippen LogP contribution in [-0.2, 0) is 14.8 Å². The van der Waals surface area contributed by atoms with Gasteiger partial charge in [-0.15, -0.1) is 0 Å². The minimum atomic E-state index is -3.27. The number of hydrogen-bond donors (Lipinski definition) is 3. The number of halogens is 1. The molecule has 3 rings (SSSR count). The van der Waals surface area contributed by atoms with E-state index in [4.69, 9.17) is 9.47 Å². The quantitative estimate of drug-likeness (QED) is 0.451. The van der Waals surface area contributed by atoms with E-state index >= 15 is 0 Å². The summed E-state index contributed by atoms with van der Waals surface area (Å²) in [4.78, 5) is 25.5. The zero-order valence-electron chi connectivity index (χ0n) is 18.3. The fourth-order valence-corrected chi connectivity index (χ4v) is 4.28. The molecule has 0 radical (unpaired) electrons. The average Bonchev–Trinajstić information content (AvgIpc) is 3.22. The normalized spacial score (nSPS) is 15.2. The van der Waals surface area contributed by atoms with Crippen molar-refractivity contribution in [3.63, 3.8) is 0 Å². The molecule has 1 saturated heterocycles. The van der Waals surface area contributed by atoms with Crippen molar-refractivity contribution in [3.05, 3.63) is 41.5 Å². The number of nitrogens with one attached hydrogen (secondary N) is 3. The summed E-state index contributed by atoms with van der Waals surface area (Å²) >= 11 is 0. The number of H-pyrrole nitrogens is 1. The van der Waals surface area contributed by atoms with Gasteiger partial charge in [-0.2, -0.15) is 5.10 Å². The van der Waals surface area contributed by atoms with E-state index in [0.29, 0.717) is 25.9 Å². The maximum absolute atomic E-state index is 14.4. The summed E-state index contributed by atoms with van der Waals surface area (Å²) in [5.41, 5.74) is -0.251. The van der Waals surface area contributed by atoms with Crippen molar-refractivity contribution in [3.8, 4) is 5.75 Å². The van der Waals surface area contributed by atoms with Gasteiger partial charge in [-0.05, 0) is 25.0 Å². The minimum absolute atomic E-state index is 0.00733. The molecule has 11 nitrogen and oxygen atoms in total. The Morgan fingerprint density at radius 1 is 1.24 bits per heavy atom. The van der Waals surface area contributed by atoms with Crippen LogP contribution in [0.4, 0.5) is 10.1 Å². The number of sulfonamides is 1. The first-order valence-electron chi connectivity index (χ1n) is 10.2. The third-order valence-corrected chi connectivity index (χ3v) is 6.42. The van der Waals surface area contributed by atoms with Crippen molar-refractivity contribution in [1.82, 2.24) is 19.8 Å². The molecule has 13 heteroatoms. The molecular weight excluding hydrogens is 457 g/mol. The van der Waals surface area contributed by atoms with E-state index in [-0.39, 0.29) is 41.9 Å². The molecule has 0 saturated carbocycles. The number of anilines is 1. The summed E-state index contributed by atoms with van der Waals surface area (Å²) in [6, 6.07) is 3.76. The Bertz CT molecular complexity index is 1100. The van der Waals surface area contributed by atoms with Gasteiger partial charge in [-0.25, -0.2) is 17.1 Å². The van der Waals surface area contributed by atoms with E-state index in [1.54, 1.807) is 0 Å². The Balaban J connectivity index is 1.67. The summed E-state index contributed by atoms with van der Waals surface area (Å²) in [7, 11) is -1.78. The van der Waals surface area contributed by atoms with Crippen molar-refractivity contribution < 1.29 is 31.9 Å². The predicted octanol–water partition coefficient (Wildman–Crippen LogP) is 0.980. The number of nitrogens with zero attached hydrogens (tertiary/aromatic N) is 2. The van der Waals surface area contributed by atoms with E-state index in [9.17, 15) is 22.4 Å². The van der Waals surface area contributed by atoms with Crippen molar-refractivity contribution in [1.29, 1.82) is 0 Å². The SMILES string of the molecule is COCCOc1cccc(F)c1C(=O)Nc1cn[nH]c1C(=O)NC1CCN(S(C)(=O)=O)CC1. The zero-order chi connectivity index (χ0) is 24.0. The van der Waals surface area contributed by atoms with Crippen LogP contribution >= 0.6 is 0 Å². The van der Waals surface area contributed by atoms with Crippen LogP contribution in [-0.4, -0.2) is 80.4 Å². The molecule has 1 aliphatic rings. The Labute approximate surface area is 190 Å². The number of rotatable bonds is 9. The van der Waals surface area contributed by atoms with Crippen LogP contribution in [0.3, 0.4) is 0 Å². The number of aromatic nitrogens is 2. The molecular formula is C20H26FN5O6S. The Morgan fingerprint density at radius 3 is 2.64 bits per heavy atom. The third-order valence-electron chi connectivity index (χ3n) is 5.12. The highest BCUT2D eigenvalue weighted by atomic mass is 32.2. The second-order valence-corrected chi connectivity index (χ2v) is 9.46. The summed E-state index contributed by atoms with van der Waals surface area (Å²) < 4.78 is 49.4. The number of ether oxygens (including phenoxy) is 2. The minimum Gasteiger partial charge on any atom is -0.490 e. The summed E-state index contributed by atoms with van der Waals surface area (Å²) in [5, 5.41) is 11.6. The van der Waals surface area contributed by atoms with Gasteiger partial charge in [0, 0.05) is 26.2 Å². The number of carbonyl (C=O) groups excluding carboxylic acids is 2. The molecule has 3 N–H and O–H groups in total. The molecule has 1 fully saturated rings. The molecule has 1 aromatic carbocycles. The lowest BCUT2D eigenvalue weighted by Gasteiger charge is -2.30. The number of carbonyl (C=O) groups is 2. The van der Waals surface area contributed by atoms with Gasteiger partial charge in [0.15, 0.2) is 0 Å². The highest BCUT2D eigenvalue weighted by Crippen LogP contribution is 2.24. The predicted molar refractivity (Wildman–Crippen MR) is 117 cm³/mol. The van der Waals surface area contributed by atoms with Crippen LogP contribution in [0, 0.1) is 5.82 Å². The van der Waals surface area contributed by atoms with Gasteiger partial charge in [-0.1, -0.05) is 6.07 Å². The van der Waals surface area contributed by atoms with Crippen LogP contribution < -0.4 is 15.4 Å². The second kappa shape index (κ2) is 10.7. The van der Waals surface area contributed by atoms with Gasteiger partial charge in [0.25, 0.3) is 11.8 Å². The maximum Gasteiger partial charge on any atom is 0.271 e. The van der Waals surface area contributed by atoms with Crippen LogP contribution in [0.5, 0.6) is 5.75 Å². The van der Waals surface area contributed by atoms with Crippen LogP contribution in [0.2, 0.25) is 0 Å². The Kier molecular flexibility index (Phi) is 8.00. The van der Waals surface area contributed by atoms with E-state index in [1.807, 2.05) is 0 Å². The highest BCUT2D eigenvalue weighted by Gasteiger charge is 2.27. The molecule has 2 heterocycles. The first-order chi connectivity index (χ1) is 15.7. The number of benzene rings is 1. The molecule has 33 heavy (non-hydrogen) atoms. The van der Waals surface area contributed by atoms with E-state index < -0.39 is 27.7 Å². The lowest BCUT2D eigenvalue weighted by Crippen LogP contribution is -2.46. The molecule has 0 unspecified atom stereocenters. The number of hydrogen-bond acceptors (Lipinski definition) is 7. The van der Waals surface area contributed by atoms with Crippen molar-refractivity contribution in [2.75, 3.05) is 45.0 Å². The zero-order valence-corrected chi connectivity index (χ0v) is 19.1. The monoisotopic (exact) mass is 483 g/mol. The fourth-order valence-electron chi connectivity index (χ4n) is 3.41. The van der Waals surface area contributed by atoms with Gasteiger partial charge in [0.1, 0.15) is 29.4 Å². The average molecular weight is 484 g/mol. The smallest absolute Gasteiger partial charge is 0.271 e. The van der Waals surface area contributed by atoms with E-state index in [1.165, 1.54) is 29.7 Å². The molecule has 1 aromatic heterocycles. The van der Waals surface area contributed by atoms with Crippen LogP contribution in [0.25, 0.3) is 0 Å². The molecule has 1 aliphatic heterocycles. The standard InChI is InChI=1S/C20H26FN5O6S/c1-31-10-11-32-16-5-3-4-14(21)17(16)19(27)24-15-12-22-25-18(15)20(28)23-13-6-8-26(9-7-13)33(2,29)30/h3-5,12-13H,6-11H2,1-2H3,(H,22,25)(H,23,28)(H,24,27). The number of piperidine rings is 1. The number of methoxy groups -OCH3 is 1. The second-order valence-electron chi connectivity index (χ2n) is 7.48.